The van der Waals surface area contributed by atoms with E-state index >= 15 is 0 Å². The summed E-state index contributed by atoms with van der Waals surface area (Å²) in [7, 11) is 0. The van der Waals surface area contributed by atoms with Crippen LogP contribution in [-0.4, -0.2) is 75.9 Å². The van der Waals surface area contributed by atoms with E-state index < -0.39 is 5.66 Å². The lowest BCUT2D eigenvalue weighted by atomic mass is 9.98. The van der Waals surface area contributed by atoms with Crippen molar-refractivity contribution >= 4 is 50.2 Å². The van der Waals surface area contributed by atoms with Crippen LogP contribution in [0.1, 0.15) is 36.5 Å². The highest BCUT2D eigenvalue weighted by atomic mass is 32.1. The van der Waals surface area contributed by atoms with Crippen LogP contribution in [0.15, 0.2) is 42.6 Å². The van der Waals surface area contributed by atoms with Gasteiger partial charge in [0.05, 0.1) is 11.3 Å². The molecule has 0 spiro atoms. The zero-order valence-electron chi connectivity index (χ0n) is 19.5. The first-order chi connectivity index (χ1) is 17.0. The number of piperazine rings is 1. The number of anilines is 2. The van der Waals surface area contributed by atoms with Crippen LogP contribution in [0.25, 0.3) is 10.3 Å². The van der Waals surface area contributed by atoms with Gasteiger partial charge in [0.25, 0.3) is 5.91 Å². The van der Waals surface area contributed by atoms with E-state index in [4.69, 9.17) is 0 Å². The molecule has 3 amide bonds. The van der Waals surface area contributed by atoms with Gasteiger partial charge in [-0.25, -0.2) is 9.97 Å². The Hall–Kier alpha value is -3.53. The van der Waals surface area contributed by atoms with Crippen molar-refractivity contribution in [1.29, 1.82) is 0 Å². The monoisotopic (exact) mass is 490 g/mol. The van der Waals surface area contributed by atoms with E-state index in [-0.39, 0.29) is 30.7 Å². The highest BCUT2D eigenvalue weighted by Gasteiger charge is 2.52. The van der Waals surface area contributed by atoms with Gasteiger partial charge < -0.3 is 14.7 Å². The molecular formula is C25H26N6O3S. The maximum atomic E-state index is 13.4. The van der Waals surface area contributed by atoms with Crippen molar-refractivity contribution in [2.75, 3.05) is 42.5 Å². The number of aromatic nitrogens is 2. The molecule has 1 aromatic carbocycles. The molecule has 6 rings (SSSR count). The summed E-state index contributed by atoms with van der Waals surface area (Å²) in [6, 6.07) is 11.1. The zero-order valence-corrected chi connectivity index (χ0v) is 20.3. The SMILES string of the molecule is CC12CCC(=O)N1c1ccccc1C(=O)N2CCC(=O)N1CCN(c2nc3cccnc3s2)CC1. The molecule has 0 aliphatic carbocycles. The summed E-state index contributed by atoms with van der Waals surface area (Å²) in [6.45, 7) is 4.86. The lowest BCUT2D eigenvalue weighted by molar-refractivity contribution is -0.131. The summed E-state index contributed by atoms with van der Waals surface area (Å²) in [5, 5.41) is 0.933. The van der Waals surface area contributed by atoms with Gasteiger partial charge in [0.1, 0.15) is 16.0 Å². The number of hydrogen-bond donors (Lipinski definition) is 0. The molecule has 9 nitrogen and oxygen atoms in total. The molecule has 2 fully saturated rings. The molecule has 10 heteroatoms. The Morgan fingerprint density at radius 2 is 1.89 bits per heavy atom. The summed E-state index contributed by atoms with van der Waals surface area (Å²) in [6.07, 6.45) is 2.96. The Morgan fingerprint density at radius 1 is 1.09 bits per heavy atom. The molecule has 2 saturated heterocycles. The van der Waals surface area contributed by atoms with E-state index in [1.54, 1.807) is 33.4 Å². The molecule has 3 aliphatic heterocycles. The van der Waals surface area contributed by atoms with Crippen molar-refractivity contribution in [2.45, 2.75) is 31.8 Å². The van der Waals surface area contributed by atoms with Crippen LogP contribution in [0.4, 0.5) is 10.8 Å². The summed E-state index contributed by atoms with van der Waals surface area (Å²) in [4.78, 5) is 56.7. The second-order valence-electron chi connectivity index (χ2n) is 9.36. The van der Waals surface area contributed by atoms with Crippen molar-refractivity contribution in [2.24, 2.45) is 0 Å². The van der Waals surface area contributed by atoms with Crippen LogP contribution in [0.5, 0.6) is 0 Å². The van der Waals surface area contributed by atoms with E-state index in [1.807, 2.05) is 42.2 Å². The number of nitrogens with zero attached hydrogens (tertiary/aromatic N) is 6. The first-order valence-corrected chi connectivity index (χ1v) is 12.8. The van der Waals surface area contributed by atoms with Crippen molar-refractivity contribution < 1.29 is 14.4 Å². The summed E-state index contributed by atoms with van der Waals surface area (Å²) < 4.78 is 0. The highest BCUT2D eigenvalue weighted by Crippen LogP contribution is 2.44. The van der Waals surface area contributed by atoms with Gasteiger partial charge in [-0.2, -0.15) is 0 Å². The average Bonchev–Trinajstić information content (AvgIpc) is 3.45. The Kier molecular flexibility index (Phi) is 5.21. The lowest BCUT2D eigenvalue weighted by Crippen LogP contribution is -2.62. The summed E-state index contributed by atoms with van der Waals surface area (Å²) >= 11 is 1.57. The number of fused-ring (bicyclic) bond motifs is 4. The van der Waals surface area contributed by atoms with Gasteiger partial charge in [0.2, 0.25) is 11.8 Å². The number of pyridine rings is 1. The van der Waals surface area contributed by atoms with Gasteiger partial charge in [-0.15, -0.1) is 0 Å². The number of thiazole rings is 1. The van der Waals surface area contributed by atoms with Crippen molar-refractivity contribution in [3.8, 4) is 0 Å². The first-order valence-electron chi connectivity index (χ1n) is 11.9. The highest BCUT2D eigenvalue weighted by molar-refractivity contribution is 7.21. The van der Waals surface area contributed by atoms with Crippen LogP contribution < -0.4 is 9.80 Å². The van der Waals surface area contributed by atoms with E-state index in [2.05, 4.69) is 14.9 Å². The van der Waals surface area contributed by atoms with Gasteiger partial charge in [-0.05, 0) is 37.6 Å². The van der Waals surface area contributed by atoms with Crippen LogP contribution in [-0.2, 0) is 9.59 Å². The molecule has 35 heavy (non-hydrogen) atoms. The smallest absolute Gasteiger partial charge is 0.257 e. The van der Waals surface area contributed by atoms with Crippen LogP contribution in [0.2, 0.25) is 0 Å². The first kappa shape index (κ1) is 22.0. The number of rotatable bonds is 4. The van der Waals surface area contributed by atoms with Crippen molar-refractivity contribution in [3.63, 3.8) is 0 Å². The molecule has 2 aromatic heterocycles. The molecule has 0 radical (unpaired) electrons. The molecule has 0 N–H and O–H groups in total. The molecule has 0 bridgehead atoms. The fraction of sp³-hybridized carbons (Fsp3) is 0.400. The molecule has 0 saturated carbocycles. The van der Waals surface area contributed by atoms with Crippen LogP contribution in [0, 0.1) is 0 Å². The Bertz CT molecular complexity index is 1300. The van der Waals surface area contributed by atoms with Gasteiger partial charge >= 0.3 is 0 Å². The fourth-order valence-electron chi connectivity index (χ4n) is 5.45. The van der Waals surface area contributed by atoms with Gasteiger partial charge in [0.15, 0.2) is 5.13 Å². The number of amides is 3. The van der Waals surface area contributed by atoms with E-state index in [0.717, 1.165) is 15.5 Å². The molecule has 5 heterocycles. The third kappa shape index (κ3) is 3.54. The second-order valence-corrected chi connectivity index (χ2v) is 10.3. The molecule has 3 aromatic rings. The Morgan fingerprint density at radius 3 is 2.69 bits per heavy atom. The minimum absolute atomic E-state index is 0.0185. The predicted molar refractivity (Wildman–Crippen MR) is 133 cm³/mol. The van der Waals surface area contributed by atoms with Crippen LogP contribution >= 0.6 is 11.3 Å². The maximum Gasteiger partial charge on any atom is 0.257 e. The van der Waals surface area contributed by atoms with Gasteiger partial charge in [0, 0.05) is 51.8 Å². The standard InChI is InChI=1S/C25H26N6O3S/c1-25-10-8-21(33)31(25)19-7-3-2-5-17(19)23(34)30(25)12-9-20(32)28-13-15-29(16-14-28)24-27-18-6-4-11-26-22(18)35-24/h2-7,11H,8-10,12-16H2,1H3. The molecular weight excluding hydrogens is 464 g/mol. The molecule has 1 atom stereocenters. The van der Waals surface area contributed by atoms with Crippen molar-refractivity contribution in [1.82, 2.24) is 19.8 Å². The fourth-order valence-corrected chi connectivity index (χ4v) is 6.41. The maximum absolute atomic E-state index is 13.4. The number of hydrogen-bond acceptors (Lipinski definition) is 7. The Labute approximate surface area is 207 Å². The molecule has 180 valence electrons. The predicted octanol–water partition coefficient (Wildman–Crippen LogP) is 2.73. The number of carbonyl (C=O) groups is 3. The third-order valence-electron chi connectivity index (χ3n) is 7.35. The van der Waals surface area contributed by atoms with E-state index in [1.165, 1.54) is 0 Å². The lowest BCUT2D eigenvalue weighted by Gasteiger charge is -2.48. The quantitative estimate of drug-likeness (QED) is 0.559. The number of para-hydroxylation sites is 1. The molecule has 3 aliphatic rings. The number of carbonyl (C=O) groups excluding carboxylic acids is 3. The van der Waals surface area contributed by atoms with Gasteiger partial charge in [-0.1, -0.05) is 23.5 Å². The Balaban J connectivity index is 1.12. The largest absolute Gasteiger partial charge is 0.344 e. The van der Waals surface area contributed by atoms with Gasteiger partial charge in [-0.3, -0.25) is 19.3 Å². The molecule has 1 unspecified atom stereocenters. The van der Waals surface area contributed by atoms with Crippen molar-refractivity contribution in [3.05, 3.63) is 48.2 Å². The topological polar surface area (TPSA) is 90.0 Å². The summed E-state index contributed by atoms with van der Waals surface area (Å²) in [5.41, 5.74) is 1.35. The minimum Gasteiger partial charge on any atom is -0.344 e. The third-order valence-corrected chi connectivity index (χ3v) is 8.39. The normalized spacial score (nSPS) is 22.1. The second kappa shape index (κ2) is 8.30. The van der Waals surface area contributed by atoms with E-state index in [0.29, 0.717) is 50.3 Å². The summed E-state index contributed by atoms with van der Waals surface area (Å²) in [5.74, 6) is -0.0668. The zero-order chi connectivity index (χ0) is 24.2. The van der Waals surface area contributed by atoms with E-state index in [9.17, 15) is 14.4 Å². The minimum atomic E-state index is -0.734. The number of benzene rings is 1. The van der Waals surface area contributed by atoms with Crippen LogP contribution in [0.3, 0.4) is 0 Å². The average molecular weight is 491 g/mol.